The molecule has 1 N–H and O–H groups in total. The van der Waals surface area contributed by atoms with Crippen LogP contribution >= 0.6 is 0 Å². The molecular weight excluding hydrogens is 333 g/mol. The van der Waals surface area contributed by atoms with Gasteiger partial charge in [-0.1, -0.05) is 56.3 Å². The maximum Gasteiger partial charge on any atom is 0.295 e. The van der Waals surface area contributed by atoms with E-state index in [4.69, 9.17) is 0 Å². The number of Topliss-reactive ketones (excluding diaryl/α,β-unsaturated/α-hetero) is 1. The van der Waals surface area contributed by atoms with E-state index in [9.17, 15) is 19.1 Å². The fraction of sp³-hybridized carbons (Fsp3) is 0.238. The maximum absolute atomic E-state index is 13.3. The lowest BCUT2D eigenvalue weighted by atomic mass is 9.95. The number of hydrogen-bond donors (Lipinski definition) is 1. The van der Waals surface area contributed by atoms with Crippen LogP contribution in [0.2, 0.25) is 0 Å². The number of benzene rings is 2. The molecule has 134 valence electrons. The second kappa shape index (κ2) is 7.12. The molecule has 0 aromatic heterocycles. The number of halogens is 1. The summed E-state index contributed by atoms with van der Waals surface area (Å²) < 4.78 is 13.3. The maximum atomic E-state index is 13.3. The lowest BCUT2D eigenvalue weighted by Gasteiger charge is -2.26. The van der Waals surface area contributed by atoms with Gasteiger partial charge in [0.05, 0.1) is 11.6 Å². The third kappa shape index (κ3) is 3.25. The third-order valence-electron chi connectivity index (χ3n) is 4.33. The molecule has 2 aromatic carbocycles. The van der Waals surface area contributed by atoms with Gasteiger partial charge in [-0.2, -0.15) is 0 Å². The molecule has 0 spiro atoms. The largest absolute Gasteiger partial charge is 0.507 e. The van der Waals surface area contributed by atoms with Crippen molar-refractivity contribution in [2.45, 2.75) is 19.9 Å². The Labute approximate surface area is 151 Å². The van der Waals surface area contributed by atoms with Gasteiger partial charge in [0, 0.05) is 12.1 Å². The van der Waals surface area contributed by atoms with Crippen LogP contribution in [0.5, 0.6) is 0 Å². The SMILES string of the molecule is CC(C)CN1C(=O)C(=O)C(=C(O)c2ccccc2)[C@@H]1c1ccc(F)cc1. The molecule has 2 aromatic rings. The van der Waals surface area contributed by atoms with Crippen molar-refractivity contribution in [3.05, 3.63) is 77.1 Å². The van der Waals surface area contributed by atoms with E-state index in [1.807, 2.05) is 13.8 Å². The summed E-state index contributed by atoms with van der Waals surface area (Å²) in [7, 11) is 0. The van der Waals surface area contributed by atoms with Gasteiger partial charge in [-0.15, -0.1) is 0 Å². The second-order valence-corrected chi connectivity index (χ2v) is 6.76. The predicted molar refractivity (Wildman–Crippen MR) is 96.7 cm³/mol. The van der Waals surface area contributed by atoms with E-state index in [1.54, 1.807) is 30.3 Å². The minimum absolute atomic E-state index is 0.0356. The summed E-state index contributed by atoms with van der Waals surface area (Å²) in [5, 5.41) is 10.8. The van der Waals surface area contributed by atoms with Crippen molar-refractivity contribution >= 4 is 17.4 Å². The molecular formula is C21H20FNO3. The van der Waals surface area contributed by atoms with Gasteiger partial charge in [0.25, 0.3) is 11.7 Å². The molecule has 26 heavy (non-hydrogen) atoms. The molecule has 5 heteroatoms. The number of aliphatic hydroxyl groups excluding tert-OH is 1. The van der Waals surface area contributed by atoms with Gasteiger partial charge in [-0.25, -0.2) is 4.39 Å². The molecule has 1 heterocycles. The first-order chi connectivity index (χ1) is 12.4. The number of carbonyl (C=O) groups is 2. The zero-order valence-corrected chi connectivity index (χ0v) is 14.6. The fourth-order valence-electron chi connectivity index (χ4n) is 3.20. The summed E-state index contributed by atoms with van der Waals surface area (Å²) in [6, 6.07) is 13.5. The van der Waals surface area contributed by atoms with Crippen LogP contribution in [0.4, 0.5) is 4.39 Å². The Kier molecular flexibility index (Phi) is 4.89. The van der Waals surface area contributed by atoms with E-state index in [2.05, 4.69) is 0 Å². The highest BCUT2D eigenvalue weighted by atomic mass is 19.1. The highest BCUT2D eigenvalue weighted by Crippen LogP contribution is 2.39. The minimum atomic E-state index is -0.738. The molecule has 0 bridgehead atoms. The van der Waals surface area contributed by atoms with Crippen LogP contribution in [0, 0.1) is 11.7 Å². The van der Waals surface area contributed by atoms with Crippen molar-refractivity contribution in [3.63, 3.8) is 0 Å². The highest BCUT2D eigenvalue weighted by molar-refractivity contribution is 6.46. The molecule has 3 rings (SSSR count). The number of aliphatic hydroxyl groups is 1. The average molecular weight is 353 g/mol. The number of amides is 1. The number of carbonyl (C=O) groups excluding carboxylic acids is 2. The molecule has 1 saturated heterocycles. The van der Waals surface area contributed by atoms with E-state index in [1.165, 1.54) is 29.2 Å². The van der Waals surface area contributed by atoms with Gasteiger partial charge in [-0.3, -0.25) is 9.59 Å². The van der Waals surface area contributed by atoms with Crippen LogP contribution in [0.25, 0.3) is 5.76 Å². The topological polar surface area (TPSA) is 57.6 Å². The van der Waals surface area contributed by atoms with Crippen molar-refractivity contribution in [3.8, 4) is 0 Å². The predicted octanol–water partition coefficient (Wildman–Crippen LogP) is 3.90. The summed E-state index contributed by atoms with van der Waals surface area (Å²) in [6.45, 7) is 4.24. The quantitative estimate of drug-likeness (QED) is 0.515. The Balaban J connectivity index is 2.18. The summed E-state index contributed by atoms with van der Waals surface area (Å²) in [6.07, 6.45) is 0. The van der Waals surface area contributed by atoms with Crippen molar-refractivity contribution in [2.75, 3.05) is 6.54 Å². The molecule has 1 aliphatic rings. The Hall–Kier alpha value is -2.95. The smallest absolute Gasteiger partial charge is 0.295 e. The lowest BCUT2D eigenvalue weighted by molar-refractivity contribution is -0.140. The van der Waals surface area contributed by atoms with Gasteiger partial charge >= 0.3 is 0 Å². The fourth-order valence-corrected chi connectivity index (χ4v) is 3.20. The van der Waals surface area contributed by atoms with Crippen molar-refractivity contribution < 1.29 is 19.1 Å². The van der Waals surface area contributed by atoms with Crippen LogP contribution in [0.3, 0.4) is 0 Å². The van der Waals surface area contributed by atoms with E-state index < -0.39 is 23.5 Å². The van der Waals surface area contributed by atoms with Crippen LogP contribution in [-0.2, 0) is 9.59 Å². The summed E-state index contributed by atoms with van der Waals surface area (Å²) in [5.74, 6) is -1.86. The molecule has 1 aliphatic heterocycles. The molecule has 0 unspecified atom stereocenters. The van der Waals surface area contributed by atoms with E-state index in [0.717, 1.165) is 0 Å². The monoisotopic (exact) mass is 353 g/mol. The number of ketones is 1. The van der Waals surface area contributed by atoms with Gasteiger partial charge in [-0.05, 0) is 23.6 Å². The Morgan fingerprint density at radius 2 is 1.69 bits per heavy atom. The van der Waals surface area contributed by atoms with Gasteiger partial charge in [0.1, 0.15) is 11.6 Å². The average Bonchev–Trinajstić information content (AvgIpc) is 2.87. The zero-order valence-electron chi connectivity index (χ0n) is 14.6. The Bertz CT molecular complexity index is 857. The molecule has 0 radical (unpaired) electrons. The van der Waals surface area contributed by atoms with Gasteiger partial charge < -0.3 is 10.0 Å². The number of hydrogen-bond acceptors (Lipinski definition) is 3. The summed E-state index contributed by atoms with van der Waals surface area (Å²) >= 11 is 0. The van der Waals surface area contributed by atoms with Crippen LogP contribution in [0.1, 0.15) is 31.0 Å². The molecule has 1 fully saturated rings. The standard InChI is InChI=1S/C21H20FNO3/c1-13(2)12-23-18(14-8-10-16(22)11-9-14)17(20(25)21(23)26)19(24)15-6-4-3-5-7-15/h3-11,13,18,24H,12H2,1-2H3/t18-/m0/s1. The van der Waals surface area contributed by atoms with Crippen molar-refractivity contribution in [1.29, 1.82) is 0 Å². The minimum Gasteiger partial charge on any atom is -0.507 e. The van der Waals surface area contributed by atoms with Crippen molar-refractivity contribution in [2.24, 2.45) is 5.92 Å². The summed E-state index contributed by atoms with van der Waals surface area (Å²) in [5.41, 5.74) is 1.08. The lowest BCUT2D eigenvalue weighted by Crippen LogP contribution is -2.33. The highest BCUT2D eigenvalue weighted by Gasteiger charge is 2.46. The van der Waals surface area contributed by atoms with E-state index in [0.29, 0.717) is 17.7 Å². The normalized spacial score (nSPS) is 19.4. The van der Waals surface area contributed by atoms with Crippen LogP contribution < -0.4 is 0 Å². The van der Waals surface area contributed by atoms with Crippen LogP contribution in [-0.4, -0.2) is 28.2 Å². The zero-order chi connectivity index (χ0) is 18.8. The van der Waals surface area contributed by atoms with E-state index >= 15 is 0 Å². The number of likely N-dealkylation sites (tertiary alicyclic amines) is 1. The first kappa shape index (κ1) is 17.9. The molecule has 0 saturated carbocycles. The summed E-state index contributed by atoms with van der Waals surface area (Å²) in [4.78, 5) is 26.7. The number of rotatable bonds is 4. The first-order valence-electron chi connectivity index (χ1n) is 8.49. The third-order valence-corrected chi connectivity index (χ3v) is 4.33. The van der Waals surface area contributed by atoms with Crippen LogP contribution in [0.15, 0.2) is 60.2 Å². The first-order valence-corrected chi connectivity index (χ1v) is 8.49. The molecule has 0 aliphatic carbocycles. The van der Waals surface area contributed by atoms with E-state index in [-0.39, 0.29) is 17.3 Å². The molecule has 4 nitrogen and oxygen atoms in total. The molecule has 1 amide bonds. The van der Waals surface area contributed by atoms with Crippen molar-refractivity contribution in [1.82, 2.24) is 4.90 Å². The Morgan fingerprint density at radius 3 is 2.27 bits per heavy atom. The second-order valence-electron chi connectivity index (χ2n) is 6.76. The van der Waals surface area contributed by atoms with Gasteiger partial charge in [0.15, 0.2) is 0 Å². The number of nitrogens with zero attached hydrogens (tertiary/aromatic N) is 1. The van der Waals surface area contributed by atoms with Gasteiger partial charge in [0.2, 0.25) is 0 Å². The molecule has 1 atom stereocenters. The Morgan fingerprint density at radius 1 is 1.08 bits per heavy atom.